The quantitative estimate of drug-likeness (QED) is 0.419. The number of nitrogens with zero attached hydrogens (tertiary/aromatic N) is 1. The Balaban J connectivity index is 1.79. The van der Waals surface area contributed by atoms with Crippen LogP contribution in [0, 0.1) is 0 Å². The van der Waals surface area contributed by atoms with Gasteiger partial charge in [-0.1, -0.05) is 49.0 Å². The fraction of sp³-hybridized carbons (Fsp3) is 0.227. The Kier molecular flexibility index (Phi) is 7.13. The van der Waals surface area contributed by atoms with Crippen molar-refractivity contribution in [2.75, 3.05) is 19.5 Å². The van der Waals surface area contributed by atoms with Crippen molar-refractivity contribution in [2.24, 2.45) is 0 Å². The molecule has 0 saturated heterocycles. The highest BCUT2D eigenvalue weighted by Gasteiger charge is 2.21. The van der Waals surface area contributed by atoms with Crippen molar-refractivity contribution in [3.05, 3.63) is 65.0 Å². The third-order valence-corrected chi connectivity index (χ3v) is 5.62. The van der Waals surface area contributed by atoms with Crippen LogP contribution < -0.4 is 20.3 Å². The minimum absolute atomic E-state index is 0.210. The van der Waals surface area contributed by atoms with E-state index in [1.807, 2.05) is 37.3 Å². The van der Waals surface area contributed by atoms with Gasteiger partial charge in [-0.05, 0) is 18.6 Å². The van der Waals surface area contributed by atoms with Crippen molar-refractivity contribution >= 4 is 23.4 Å². The molecule has 0 spiro atoms. The summed E-state index contributed by atoms with van der Waals surface area (Å²) in [5, 5.41) is 2.83. The Morgan fingerprint density at radius 3 is 2.57 bits per heavy atom. The van der Waals surface area contributed by atoms with E-state index in [0.29, 0.717) is 34.5 Å². The van der Waals surface area contributed by atoms with Gasteiger partial charge < -0.3 is 19.8 Å². The summed E-state index contributed by atoms with van der Waals surface area (Å²) in [5.41, 5.74) is 1.68. The molecular formula is C22H23N3O4S. The maximum atomic E-state index is 12.9. The van der Waals surface area contributed by atoms with Crippen LogP contribution in [0.15, 0.2) is 64.5 Å². The van der Waals surface area contributed by atoms with Gasteiger partial charge in [0.15, 0.2) is 5.16 Å². The summed E-state index contributed by atoms with van der Waals surface area (Å²) in [5.74, 6) is 0.921. The number of carbonyl (C=O) groups excluding carboxylic acids is 1. The van der Waals surface area contributed by atoms with E-state index in [2.05, 4.69) is 15.3 Å². The number of anilines is 1. The SMILES string of the molecule is CCC(Sc1nc(-c2ccccc2)cc(=O)[nH]1)C(=O)Nc1ccc(OC)cc1OC. The summed E-state index contributed by atoms with van der Waals surface area (Å²) in [4.78, 5) is 32.2. The monoisotopic (exact) mass is 425 g/mol. The predicted molar refractivity (Wildman–Crippen MR) is 118 cm³/mol. The van der Waals surface area contributed by atoms with Crippen LogP contribution in [0.4, 0.5) is 5.69 Å². The molecule has 7 nitrogen and oxygen atoms in total. The van der Waals surface area contributed by atoms with Gasteiger partial charge >= 0.3 is 0 Å². The van der Waals surface area contributed by atoms with Crippen molar-refractivity contribution < 1.29 is 14.3 Å². The van der Waals surface area contributed by atoms with E-state index in [0.717, 1.165) is 5.56 Å². The van der Waals surface area contributed by atoms with E-state index < -0.39 is 5.25 Å². The average Bonchev–Trinajstić information content (AvgIpc) is 2.77. The minimum Gasteiger partial charge on any atom is -0.497 e. The van der Waals surface area contributed by atoms with E-state index in [1.54, 1.807) is 25.3 Å². The van der Waals surface area contributed by atoms with Gasteiger partial charge in [0.1, 0.15) is 11.5 Å². The first-order chi connectivity index (χ1) is 14.5. The molecule has 3 aromatic rings. The van der Waals surface area contributed by atoms with E-state index in [9.17, 15) is 9.59 Å². The average molecular weight is 426 g/mol. The van der Waals surface area contributed by atoms with E-state index >= 15 is 0 Å². The summed E-state index contributed by atoms with van der Waals surface area (Å²) in [6.07, 6.45) is 0.550. The molecule has 1 unspecified atom stereocenters. The van der Waals surface area contributed by atoms with Crippen molar-refractivity contribution in [3.8, 4) is 22.8 Å². The van der Waals surface area contributed by atoms with Gasteiger partial charge in [0.05, 0.1) is 30.9 Å². The highest BCUT2D eigenvalue weighted by atomic mass is 32.2. The zero-order valence-corrected chi connectivity index (χ0v) is 17.8. The zero-order chi connectivity index (χ0) is 21.5. The lowest BCUT2D eigenvalue weighted by Gasteiger charge is -2.16. The third kappa shape index (κ3) is 5.21. The summed E-state index contributed by atoms with van der Waals surface area (Å²) in [6.45, 7) is 1.90. The summed E-state index contributed by atoms with van der Waals surface area (Å²) in [6, 6.07) is 16.1. The van der Waals surface area contributed by atoms with Crippen molar-refractivity contribution in [1.82, 2.24) is 9.97 Å². The minimum atomic E-state index is -0.453. The molecule has 156 valence electrons. The summed E-state index contributed by atoms with van der Waals surface area (Å²) >= 11 is 1.22. The molecule has 8 heteroatoms. The fourth-order valence-corrected chi connectivity index (χ4v) is 3.73. The van der Waals surface area contributed by atoms with Crippen LogP contribution >= 0.6 is 11.8 Å². The van der Waals surface area contributed by atoms with E-state index in [-0.39, 0.29) is 11.5 Å². The number of hydrogen-bond donors (Lipinski definition) is 2. The van der Waals surface area contributed by atoms with Crippen LogP contribution in [0.3, 0.4) is 0 Å². The molecule has 2 aromatic carbocycles. The molecule has 30 heavy (non-hydrogen) atoms. The van der Waals surface area contributed by atoms with Crippen LogP contribution in [0.25, 0.3) is 11.3 Å². The van der Waals surface area contributed by atoms with Gasteiger partial charge in [0.25, 0.3) is 5.56 Å². The lowest BCUT2D eigenvalue weighted by molar-refractivity contribution is -0.115. The zero-order valence-electron chi connectivity index (χ0n) is 17.0. The Morgan fingerprint density at radius 1 is 1.13 bits per heavy atom. The molecule has 1 amide bonds. The largest absolute Gasteiger partial charge is 0.497 e. The number of benzene rings is 2. The van der Waals surface area contributed by atoms with E-state index in [1.165, 1.54) is 24.9 Å². The van der Waals surface area contributed by atoms with Gasteiger partial charge in [0, 0.05) is 17.7 Å². The number of rotatable bonds is 8. The molecule has 0 aliphatic carbocycles. The van der Waals surface area contributed by atoms with Crippen LogP contribution in [0.1, 0.15) is 13.3 Å². The smallest absolute Gasteiger partial charge is 0.252 e. The molecule has 0 saturated carbocycles. The van der Waals surface area contributed by atoms with Gasteiger partial charge in [-0.3, -0.25) is 9.59 Å². The number of methoxy groups -OCH3 is 2. The van der Waals surface area contributed by atoms with Crippen molar-refractivity contribution in [1.29, 1.82) is 0 Å². The standard InChI is InChI=1S/C22H23N3O4S/c1-4-19(21(27)23-16-11-10-15(28-2)12-18(16)29-3)30-22-24-17(13-20(26)25-22)14-8-6-5-7-9-14/h5-13,19H,4H2,1-3H3,(H,23,27)(H,24,25,26). The Bertz CT molecular complexity index is 1070. The van der Waals surface area contributed by atoms with Crippen LogP contribution in [-0.4, -0.2) is 35.3 Å². The molecule has 0 aliphatic heterocycles. The van der Waals surface area contributed by atoms with Crippen LogP contribution in [0.2, 0.25) is 0 Å². The molecule has 2 N–H and O–H groups in total. The topological polar surface area (TPSA) is 93.3 Å². The van der Waals surface area contributed by atoms with Crippen molar-refractivity contribution in [3.63, 3.8) is 0 Å². The van der Waals surface area contributed by atoms with Gasteiger partial charge in [-0.25, -0.2) is 4.98 Å². The first kappa shape index (κ1) is 21.4. The molecule has 0 fully saturated rings. The molecule has 0 bridgehead atoms. The first-order valence-corrected chi connectivity index (χ1v) is 10.3. The molecule has 3 rings (SSSR count). The first-order valence-electron chi connectivity index (χ1n) is 9.40. The van der Waals surface area contributed by atoms with Gasteiger partial charge in [-0.15, -0.1) is 0 Å². The Labute approximate surface area is 178 Å². The highest BCUT2D eigenvalue weighted by molar-refractivity contribution is 8.00. The fourth-order valence-electron chi connectivity index (χ4n) is 2.82. The molecule has 0 aliphatic rings. The normalized spacial score (nSPS) is 11.6. The maximum Gasteiger partial charge on any atom is 0.252 e. The second-order valence-corrected chi connectivity index (χ2v) is 7.56. The maximum absolute atomic E-state index is 12.9. The molecule has 0 radical (unpaired) electrons. The summed E-state index contributed by atoms with van der Waals surface area (Å²) in [7, 11) is 3.09. The number of nitrogens with one attached hydrogen (secondary N) is 2. The molecule has 1 atom stereocenters. The number of amides is 1. The third-order valence-electron chi connectivity index (χ3n) is 4.37. The number of aromatic amines is 1. The van der Waals surface area contributed by atoms with Crippen molar-refractivity contribution in [2.45, 2.75) is 23.8 Å². The number of thioether (sulfide) groups is 1. The molecule has 1 aromatic heterocycles. The van der Waals surface area contributed by atoms with Gasteiger partial charge in [0.2, 0.25) is 5.91 Å². The number of ether oxygens (including phenoxy) is 2. The second-order valence-electron chi connectivity index (χ2n) is 6.37. The van der Waals surface area contributed by atoms with E-state index in [4.69, 9.17) is 9.47 Å². The van der Waals surface area contributed by atoms with Gasteiger partial charge in [-0.2, -0.15) is 0 Å². The predicted octanol–water partition coefficient (Wildman–Crippen LogP) is 3.96. The lowest BCUT2D eigenvalue weighted by Crippen LogP contribution is -2.25. The van der Waals surface area contributed by atoms with Crippen LogP contribution in [0.5, 0.6) is 11.5 Å². The number of carbonyl (C=O) groups is 1. The highest BCUT2D eigenvalue weighted by Crippen LogP contribution is 2.31. The van der Waals surface area contributed by atoms with Crippen LogP contribution in [-0.2, 0) is 4.79 Å². The molecule has 1 heterocycles. The summed E-state index contributed by atoms with van der Waals surface area (Å²) < 4.78 is 10.5. The lowest BCUT2D eigenvalue weighted by atomic mass is 10.1. The number of H-pyrrole nitrogens is 1. The number of aromatic nitrogens is 2. The Morgan fingerprint density at radius 2 is 1.90 bits per heavy atom. The number of hydrogen-bond acceptors (Lipinski definition) is 6. The molecular weight excluding hydrogens is 402 g/mol. The Hall–Kier alpha value is -3.26. The second kappa shape index (κ2) is 9.98.